The molecule has 112 valence electrons. The van der Waals surface area contributed by atoms with E-state index in [1.807, 2.05) is 0 Å². The van der Waals surface area contributed by atoms with Gasteiger partial charge in [-0.05, 0) is 37.6 Å². The van der Waals surface area contributed by atoms with Crippen LogP contribution in [-0.2, 0) is 10.0 Å². The van der Waals surface area contributed by atoms with E-state index in [2.05, 4.69) is 23.9 Å². The molecule has 0 bridgehead atoms. The molecule has 0 aromatic heterocycles. The molecule has 0 saturated carbocycles. The van der Waals surface area contributed by atoms with Crippen molar-refractivity contribution in [2.24, 2.45) is 5.92 Å². The zero-order valence-corrected chi connectivity index (χ0v) is 12.6. The van der Waals surface area contributed by atoms with Crippen LogP contribution in [0.4, 0.5) is 5.69 Å². The number of hydrogen-bond acceptors (Lipinski definition) is 4. The molecular weight excluding hydrogens is 280 g/mol. The third-order valence-corrected chi connectivity index (χ3v) is 4.25. The summed E-state index contributed by atoms with van der Waals surface area (Å²) in [6, 6.07) is 4.02. The van der Waals surface area contributed by atoms with Gasteiger partial charge in [0.1, 0.15) is 0 Å². The van der Waals surface area contributed by atoms with E-state index < -0.39 is 16.0 Å². The van der Waals surface area contributed by atoms with Crippen molar-refractivity contribution in [2.75, 3.05) is 18.9 Å². The van der Waals surface area contributed by atoms with Gasteiger partial charge >= 0.3 is 5.97 Å². The Morgan fingerprint density at radius 3 is 2.50 bits per heavy atom. The van der Waals surface area contributed by atoms with Gasteiger partial charge in [0.15, 0.2) is 0 Å². The normalized spacial score (nSPS) is 11.6. The Hall–Kier alpha value is -1.60. The Balaban J connectivity index is 3.06. The Bertz CT molecular complexity index is 582. The summed E-state index contributed by atoms with van der Waals surface area (Å²) >= 11 is 0. The highest BCUT2D eigenvalue weighted by Crippen LogP contribution is 2.21. The van der Waals surface area contributed by atoms with Crippen molar-refractivity contribution in [2.45, 2.75) is 25.2 Å². The molecule has 0 saturated heterocycles. The van der Waals surface area contributed by atoms with Crippen LogP contribution in [0.15, 0.2) is 23.1 Å². The molecule has 0 aliphatic rings. The lowest BCUT2D eigenvalue weighted by Gasteiger charge is -2.12. The number of hydrogen-bond donors (Lipinski definition) is 3. The quantitative estimate of drug-likeness (QED) is 0.713. The summed E-state index contributed by atoms with van der Waals surface area (Å²) in [5, 5.41) is 12.2. The van der Waals surface area contributed by atoms with Gasteiger partial charge < -0.3 is 10.4 Å². The van der Waals surface area contributed by atoms with Crippen molar-refractivity contribution in [3.05, 3.63) is 23.8 Å². The molecule has 0 atom stereocenters. The molecule has 0 amide bonds. The summed E-state index contributed by atoms with van der Waals surface area (Å²) in [7, 11) is -2.36. The fraction of sp³-hybridized carbons (Fsp3) is 0.462. The molecule has 6 nitrogen and oxygen atoms in total. The molecule has 3 N–H and O–H groups in total. The lowest BCUT2D eigenvalue weighted by Crippen LogP contribution is -2.19. The van der Waals surface area contributed by atoms with E-state index in [9.17, 15) is 18.3 Å². The first kappa shape index (κ1) is 16.5. The van der Waals surface area contributed by atoms with Crippen LogP contribution < -0.4 is 10.0 Å². The van der Waals surface area contributed by atoms with Crippen LogP contribution in [0.3, 0.4) is 0 Å². The average molecular weight is 300 g/mol. The monoisotopic (exact) mass is 300 g/mol. The summed E-state index contributed by atoms with van der Waals surface area (Å²) in [5.74, 6) is -0.662. The van der Waals surface area contributed by atoms with Gasteiger partial charge in [-0.2, -0.15) is 0 Å². The van der Waals surface area contributed by atoms with Crippen LogP contribution in [0.2, 0.25) is 0 Å². The number of sulfonamides is 1. The predicted molar refractivity (Wildman–Crippen MR) is 77.6 cm³/mol. The minimum atomic E-state index is -3.65. The van der Waals surface area contributed by atoms with Gasteiger partial charge in [0.2, 0.25) is 10.0 Å². The molecule has 0 heterocycles. The minimum absolute atomic E-state index is 0.0509. The second-order valence-corrected chi connectivity index (χ2v) is 6.72. The van der Waals surface area contributed by atoms with E-state index in [1.165, 1.54) is 19.2 Å². The molecule has 7 heteroatoms. The Morgan fingerprint density at radius 1 is 1.35 bits per heavy atom. The van der Waals surface area contributed by atoms with E-state index >= 15 is 0 Å². The van der Waals surface area contributed by atoms with Gasteiger partial charge in [-0.25, -0.2) is 17.9 Å². The van der Waals surface area contributed by atoms with Crippen molar-refractivity contribution in [1.29, 1.82) is 0 Å². The van der Waals surface area contributed by atoms with Gasteiger partial charge in [-0.3, -0.25) is 0 Å². The molecule has 0 spiro atoms. The Morgan fingerprint density at radius 2 is 2.00 bits per heavy atom. The fourth-order valence-corrected chi connectivity index (χ4v) is 2.39. The number of carbonyl (C=O) groups is 1. The Kier molecular flexibility index (Phi) is 5.52. The van der Waals surface area contributed by atoms with E-state index in [-0.39, 0.29) is 10.5 Å². The van der Waals surface area contributed by atoms with Crippen molar-refractivity contribution < 1.29 is 18.3 Å². The zero-order chi connectivity index (χ0) is 15.3. The average Bonchev–Trinajstić information content (AvgIpc) is 2.38. The minimum Gasteiger partial charge on any atom is -0.478 e. The second kappa shape index (κ2) is 6.71. The number of benzene rings is 1. The number of anilines is 1. The number of carboxylic acids is 1. The molecule has 1 aromatic rings. The second-order valence-electron chi connectivity index (χ2n) is 4.83. The molecule has 0 aliphatic heterocycles. The number of rotatable bonds is 7. The molecule has 20 heavy (non-hydrogen) atoms. The van der Waals surface area contributed by atoms with E-state index in [1.54, 1.807) is 0 Å². The third-order valence-electron chi connectivity index (χ3n) is 2.84. The fourth-order valence-electron chi connectivity index (χ4n) is 1.63. The third kappa shape index (κ3) is 4.21. The van der Waals surface area contributed by atoms with Gasteiger partial charge in [0.25, 0.3) is 0 Å². The lowest BCUT2D eigenvalue weighted by atomic mass is 10.1. The topological polar surface area (TPSA) is 95.5 Å². The van der Waals surface area contributed by atoms with E-state index in [0.717, 1.165) is 12.5 Å². The van der Waals surface area contributed by atoms with Gasteiger partial charge in [-0.15, -0.1) is 0 Å². The van der Waals surface area contributed by atoms with Gasteiger partial charge in [-0.1, -0.05) is 13.8 Å². The maximum Gasteiger partial charge on any atom is 0.337 e. The molecule has 0 unspecified atom stereocenters. The van der Waals surface area contributed by atoms with Crippen LogP contribution in [0.1, 0.15) is 30.6 Å². The molecule has 0 fully saturated rings. The van der Waals surface area contributed by atoms with E-state index in [4.69, 9.17) is 0 Å². The number of nitrogens with one attached hydrogen (secondary N) is 2. The first-order chi connectivity index (χ1) is 9.27. The molecular formula is C13H20N2O4S. The van der Waals surface area contributed by atoms with Crippen molar-refractivity contribution >= 4 is 21.7 Å². The summed E-state index contributed by atoms with van der Waals surface area (Å²) in [4.78, 5) is 11.2. The van der Waals surface area contributed by atoms with Crippen LogP contribution in [0.25, 0.3) is 0 Å². The number of aromatic carboxylic acids is 1. The first-order valence-electron chi connectivity index (χ1n) is 6.32. The summed E-state index contributed by atoms with van der Waals surface area (Å²) in [6.07, 6.45) is 0.898. The zero-order valence-electron chi connectivity index (χ0n) is 11.8. The van der Waals surface area contributed by atoms with Gasteiger partial charge in [0, 0.05) is 12.2 Å². The van der Waals surface area contributed by atoms with Crippen molar-refractivity contribution in [3.8, 4) is 0 Å². The highest BCUT2D eigenvalue weighted by atomic mass is 32.2. The lowest BCUT2D eigenvalue weighted by molar-refractivity contribution is 0.0697. The van der Waals surface area contributed by atoms with Crippen molar-refractivity contribution in [1.82, 2.24) is 4.72 Å². The summed E-state index contributed by atoms with van der Waals surface area (Å²) < 4.78 is 25.5. The molecule has 1 rings (SSSR count). The van der Waals surface area contributed by atoms with E-state index in [0.29, 0.717) is 18.2 Å². The molecule has 0 aliphatic carbocycles. The van der Waals surface area contributed by atoms with Gasteiger partial charge in [0.05, 0.1) is 10.5 Å². The Labute approximate surface area is 119 Å². The predicted octanol–water partition coefficient (Wildman–Crippen LogP) is 1.75. The number of carboxylic acid groups (broad SMARTS) is 1. The maximum absolute atomic E-state index is 11.7. The van der Waals surface area contributed by atoms with Crippen LogP contribution in [0.5, 0.6) is 0 Å². The highest BCUT2D eigenvalue weighted by molar-refractivity contribution is 7.89. The van der Waals surface area contributed by atoms with Crippen molar-refractivity contribution in [3.63, 3.8) is 0 Å². The molecule has 1 aromatic carbocycles. The standard InChI is InChI=1S/C13H20N2O4S/c1-9(2)6-7-15-12-5-4-10(20(18,19)14-3)8-11(12)13(16)17/h4-5,8-9,14-15H,6-7H2,1-3H3,(H,16,17). The first-order valence-corrected chi connectivity index (χ1v) is 7.81. The molecule has 0 radical (unpaired) electrons. The van der Waals surface area contributed by atoms with Crippen LogP contribution in [0, 0.1) is 5.92 Å². The van der Waals surface area contributed by atoms with Crippen LogP contribution in [-0.4, -0.2) is 33.1 Å². The summed E-state index contributed by atoms with van der Waals surface area (Å²) in [5.41, 5.74) is 0.373. The highest BCUT2D eigenvalue weighted by Gasteiger charge is 2.17. The SMILES string of the molecule is CNS(=O)(=O)c1ccc(NCCC(C)C)c(C(=O)O)c1. The largest absolute Gasteiger partial charge is 0.478 e. The summed E-state index contributed by atoms with van der Waals surface area (Å²) in [6.45, 7) is 4.78. The smallest absolute Gasteiger partial charge is 0.337 e. The maximum atomic E-state index is 11.7. The van der Waals surface area contributed by atoms with Crippen LogP contribution >= 0.6 is 0 Å².